The maximum absolute atomic E-state index is 10.3. The molecule has 9 aromatic carbocycles. The largest absolute Gasteiger partial charge is 0.458 e. The first-order valence-corrected chi connectivity index (χ1v) is 24.9. The minimum atomic E-state index is -0.508. The van der Waals surface area contributed by atoms with E-state index < -0.39 is 30.9 Å². The average Bonchev–Trinajstić information content (AvgIpc) is 3.50. The molecule has 4 heterocycles. The third-order valence-corrected chi connectivity index (χ3v) is 15.1. The molecule has 0 saturated heterocycles. The van der Waals surface area contributed by atoms with Gasteiger partial charge in [0.25, 0.3) is 6.71 Å². The molecular weight excluding hydrogens is 874 g/mol. The number of ether oxygens (including phenoxy) is 1. The summed E-state index contributed by atoms with van der Waals surface area (Å²) in [5.41, 5.74) is 10.8. The number of hydrogen-bond donors (Lipinski definition) is 0. The quantitative estimate of drug-likeness (QED) is 0.162. The number of nitrogens with zero attached hydrogens (tertiary/aromatic N) is 3. The van der Waals surface area contributed by atoms with Crippen LogP contribution in [0.15, 0.2) is 176 Å². The number of rotatable bonds is 2. The van der Waals surface area contributed by atoms with Crippen molar-refractivity contribution in [2.75, 3.05) is 0 Å². The van der Waals surface area contributed by atoms with E-state index in [4.69, 9.17) is 8.85 Å². The topological polar surface area (TPSA) is 42.9 Å². The van der Waals surface area contributed by atoms with Crippen LogP contribution in [-0.2, 0) is 16.2 Å². The molecular formula is C67H56BN3O. The predicted octanol–water partition coefficient (Wildman–Crippen LogP) is 15.7. The van der Waals surface area contributed by atoms with Crippen LogP contribution < -0.4 is 21.1 Å². The molecule has 0 N–H and O–H groups in total. The third kappa shape index (κ3) is 6.65. The fraction of sp³-hybridized carbons (Fsp3) is 0.179. The first-order chi connectivity index (χ1) is 37.5. The van der Waals surface area contributed by atoms with E-state index in [1.165, 1.54) is 11.1 Å². The summed E-state index contributed by atoms with van der Waals surface area (Å²) in [5, 5.41) is 16.5. The van der Waals surface area contributed by atoms with Gasteiger partial charge in [-0.15, -0.1) is 0 Å². The van der Waals surface area contributed by atoms with Crippen LogP contribution in [0.5, 0.6) is 11.5 Å². The Hall–Kier alpha value is -8.07. The maximum atomic E-state index is 10.3. The van der Waals surface area contributed by atoms with Crippen molar-refractivity contribution in [1.29, 1.82) is 5.26 Å². The monoisotopic (exact) mass is 936 g/mol. The Labute approximate surface area is 432 Å². The van der Waals surface area contributed by atoms with Gasteiger partial charge < -0.3 is 13.9 Å². The summed E-state index contributed by atoms with van der Waals surface area (Å²) in [6.07, 6.45) is 0. The van der Waals surface area contributed by atoms with E-state index in [-0.39, 0.29) is 61.7 Å². The highest BCUT2D eigenvalue weighted by molar-refractivity contribution is 6.99. The zero-order valence-corrected chi connectivity index (χ0v) is 42.0. The molecule has 2 aliphatic rings. The Bertz CT molecular complexity index is 4660. The summed E-state index contributed by atoms with van der Waals surface area (Å²) in [4.78, 5) is 0. The maximum Gasteiger partial charge on any atom is 0.256 e. The van der Waals surface area contributed by atoms with E-state index >= 15 is 0 Å². The second-order valence-electron chi connectivity index (χ2n) is 22.8. The smallest absolute Gasteiger partial charge is 0.256 e. The van der Waals surface area contributed by atoms with E-state index in [1.807, 2.05) is 18.2 Å². The van der Waals surface area contributed by atoms with Crippen LogP contribution in [0.3, 0.4) is 0 Å². The number of para-hydroxylation sites is 2. The Morgan fingerprint density at radius 1 is 0.486 bits per heavy atom. The summed E-state index contributed by atoms with van der Waals surface area (Å²) in [7, 11) is 0. The lowest BCUT2D eigenvalue weighted by Gasteiger charge is -2.36. The van der Waals surface area contributed by atoms with Gasteiger partial charge in [0.05, 0.1) is 43.5 Å². The molecule has 348 valence electrons. The van der Waals surface area contributed by atoms with Gasteiger partial charge in [0.1, 0.15) is 11.5 Å². The number of nitriles is 1. The second kappa shape index (κ2) is 15.5. The van der Waals surface area contributed by atoms with Gasteiger partial charge in [0.15, 0.2) is 0 Å². The minimum Gasteiger partial charge on any atom is -0.458 e. The van der Waals surface area contributed by atoms with E-state index in [0.717, 1.165) is 82.1 Å². The third-order valence-electron chi connectivity index (χ3n) is 15.1. The van der Waals surface area contributed by atoms with Crippen LogP contribution in [0, 0.1) is 11.3 Å². The highest BCUT2D eigenvalue weighted by Crippen LogP contribution is 2.43. The summed E-state index contributed by atoms with van der Waals surface area (Å²) in [6.45, 7) is 19.8. The molecule has 2 aromatic heterocycles. The van der Waals surface area contributed by atoms with Gasteiger partial charge in [-0.2, -0.15) is 5.26 Å². The van der Waals surface area contributed by atoms with Crippen molar-refractivity contribution in [3.05, 3.63) is 198 Å². The Balaban J connectivity index is 1.31. The molecule has 0 saturated carbocycles. The Morgan fingerprint density at radius 3 is 1.75 bits per heavy atom. The Kier molecular flexibility index (Phi) is 7.91. The van der Waals surface area contributed by atoms with Gasteiger partial charge in [0, 0.05) is 38.8 Å². The molecule has 72 heavy (non-hydrogen) atoms. The molecule has 0 fully saturated rings. The fourth-order valence-electron chi connectivity index (χ4n) is 11.4. The normalized spacial score (nSPS) is 14.5. The summed E-state index contributed by atoms with van der Waals surface area (Å²) in [5.74, 6) is 1.18. The number of fused-ring (bicyclic) bond motifs is 14. The minimum absolute atomic E-state index is 0.00325. The van der Waals surface area contributed by atoms with Crippen LogP contribution >= 0.6 is 0 Å². The Morgan fingerprint density at radius 2 is 1.08 bits per heavy atom. The van der Waals surface area contributed by atoms with Crippen molar-refractivity contribution in [2.24, 2.45) is 0 Å². The van der Waals surface area contributed by atoms with E-state index in [9.17, 15) is 10.7 Å². The van der Waals surface area contributed by atoms with Crippen LogP contribution in [0.4, 0.5) is 0 Å². The van der Waals surface area contributed by atoms with Gasteiger partial charge in [-0.3, -0.25) is 0 Å². The highest BCUT2D eigenvalue weighted by atomic mass is 16.5. The number of hydrogen-bond acceptors (Lipinski definition) is 2. The van der Waals surface area contributed by atoms with E-state index in [0.29, 0.717) is 17.2 Å². The molecule has 2 aliphatic heterocycles. The second-order valence-corrected chi connectivity index (χ2v) is 22.8. The lowest BCUT2D eigenvalue weighted by molar-refractivity contribution is 0.483. The molecule has 5 heteroatoms. The highest BCUT2D eigenvalue weighted by Gasteiger charge is 2.41. The van der Waals surface area contributed by atoms with Crippen molar-refractivity contribution in [2.45, 2.75) is 78.6 Å². The molecule has 4 nitrogen and oxygen atoms in total. The summed E-state index contributed by atoms with van der Waals surface area (Å²) >= 11 is 0. The zero-order valence-electron chi connectivity index (χ0n) is 49.0. The standard InChI is InChI=1S/C67H56BN3O/c1-65(2,3)43-27-28-55-61(36-43)72-62-38-46(70-57-24-16-15-23-52(57)53-30-40(39-69)26-29-59(53)70)37-60-63(62)68(55)56-34-42(41-31-44(66(4,5)6)35-45(32-41)67(7,8)9)33-54-50-21-13-11-19-48(50)47-18-10-12-20-49(47)51-22-14-17-25-58(51)71(60)64(54)56/h10-38H,1-9H3/i15D,16D,23D,24D,26D,29D,30D. The number of benzene rings is 9. The lowest BCUT2D eigenvalue weighted by Crippen LogP contribution is -2.58. The first kappa shape index (κ1) is 36.8. The average molecular weight is 937 g/mol. The first-order valence-electron chi connectivity index (χ1n) is 28.4. The van der Waals surface area contributed by atoms with Crippen LogP contribution in [0.1, 0.15) is 94.2 Å². The van der Waals surface area contributed by atoms with Gasteiger partial charge in [-0.05, 0) is 130 Å². The van der Waals surface area contributed by atoms with Crippen molar-refractivity contribution in [3.63, 3.8) is 0 Å². The lowest BCUT2D eigenvalue weighted by atomic mass is 9.34. The van der Waals surface area contributed by atoms with Crippen molar-refractivity contribution in [3.8, 4) is 40.1 Å². The van der Waals surface area contributed by atoms with Crippen molar-refractivity contribution in [1.82, 2.24) is 9.13 Å². The predicted molar refractivity (Wildman–Crippen MR) is 305 cm³/mol. The summed E-state index contributed by atoms with van der Waals surface area (Å²) < 4.78 is 76.2. The fourth-order valence-corrected chi connectivity index (χ4v) is 11.4. The zero-order chi connectivity index (χ0) is 55.7. The van der Waals surface area contributed by atoms with E-state index in [2.05, 4.69) is 188 Å². The molecule has 11 aromatic rings. The van der Waals surface area contributed by atoms with Gasteiger partial charge >= 0.3 is 0 Å². The summed E-state index contributed by atoms with van der Waals surface area (Å²) in [6, 6.07) is 46.9. The van der Waals surface area contributed by atoms with Crippen LogP contribution in [0.2, 0.25) is 0 Å². The van der Waals surface area contributed by atoms with E-state index in [1.54, 1.807) is 4.57 Å². The van der Waals surface area contributed by atoms with Gasteiger partial charge in [0.2, 0.25) is 0 Å². The molecule has 0 amide bonds. The number of aromatic nitrogens is 2. The SMILES string of the molecule is [2H]c1c([2H])c([2H])c2c(c1[2H])c1c([2H])c(C#N)c([2H])c([2H])c1n2-c1cc2c3c(c1)-n1c4ccccc4c4ccccc4c4ccccc4c4cc(-c5cc(C(C)(C)C)cc(C(C)(C)C)c5)cc(c41)B3c1ccc(C(C)(C)C)cc1O2. The van der Waals surface area contributed by atoms with Gasteiger partial charge in [-0.1, -0.05) is 184 Å². The van der Waals surface area contributed by atoms with Crippen LogP contribution in [-0.4, -0.2) is 15.8 Å². The van der Waals surface area contributed by atoms with Crippen LogP contribution in [0.25, 0.3) is 87.7 Å². The molecule has 0 atom stereocenters. The molecule has 0 bridgehead atoms. The van der Waals surface area contributed by atoms with Gasteiger partial charge in [-0.25, -0.2) is 0 Å². The molecule has 0 unspecified atom stereocenters. The molecule has 13 rings (SSSR count). The van der Waals surface area contributed by atoms with Crippen molar-refractivity contribution < 1.29 is 14.3 Å². The van der Waals surface area contributed by atoms with Crippen molar-refractivity contribution >= 4 is 88.3 Å². The molecule has 0 spiro atoms. The molecule has 0 radical (unpaired) electrons. The molecule has 0 aliphatic carbocycles.